The van der Waals surface area contributed by atoms with Crippen LogP contribution in [0.25, 0.3) is 0 Å². The van der Waals surface area contributed by atoms with Gasteiger partial charge in [-0.1, -0.05) is 30.3 Å². The van der Waals surface area contributed by atoms with Crippen molar-refractivity contribution >= 4 is 5.91 Å². The van der Waals surface area contributed by atoms with Crippen LogP contribution in [0, 0.1) is 11.3 Å². The van der Waals surface area contributed by atoms with Crippen molar-refractivity contribution < 1.29 is 19.4 Å². The number of carbonyl (C=O) groups excluding carboxylic acids is 1. The third-order valence-electron chi connectivity index (χ3n) is 5.33. The second kappa shape index (κ2) is 8.10. The lowest BCUT2D eigenvalue weighted by Crippen LogP contribution is -2.41. The highest BCUT2D eigenvalue weighted by Gasteiger charge is 2.48. The molecule has 0 bridgehead atoms. The molecule has 0 radical (unpaired) electrons. The molecule has 1 N–H and O–H groups in total. The zero-order valence-electron chi connectivity index (χ0n) is 14.2. The first-order valence-corrected chi connectivity index (χ1v) is 8.81. The number of hydrogen-bond donors (Lipinski definition) is 1. The average molecular weight is 333 g/mol. The Morgan fingerprint density at radius 2 is 2.21 bits per heavy atom. The van der Waals surface area contributed by atoms with Crippen molar-refractivity contribution in [2.45, 2.75) is 25.9 Å². The van der Waals surface area contributed by atoms with Crippen LogP contribution in [0.2, 0.25) is 0 Å². The molecule has 2 fully saturated rings. The predicted octanol–water partition coefficient (Wildman–Crippen LogP) is 1.84. The Morgan fingerprint density at radius 3 is 2.96 bits per heavy atom. The molecule has 0 saturated carbocycles. The summed E-state index contributed by atoms with van der Waals surface area (Å²) in [5, 5.41) is 9.79. The van der Waals surface area contributed by atoms with Crippen molar-refractivity contribution in [2.75, 3.05) is 39.5 Å². The normalized spacial score (nSPS) is 26.4. The molecule has 1 amide bonds. The molecule has 2 aliphatic heterocycles. The fraction of sp³-hybridized carbons (Fsp3) is 0.632. The van der Waals surface area contributed by atoms with E-state index in [0.717, 1.165) is 18.4 Å². The van der Waals surface area contributed by atoms with Gasteiger partial charge < -0.3 is 19.5 Å². The highest BCUT2D eigenvalue weighted by Crippen LogP contribution is 2.41. The first kappa shape index (κ1) is 17.4. The maximum absolute atomic E-state index is 12.4. The summed E-state index contributed by atoms with van der Waals surface area (Å²) < 4.78 is 11.2. The highest BCUT2D eigenvalue weighted by atomic mass is 16.5. The van der Waals surface area contributed by atoms with Crippen molar-refractivity contribution in [1.29, 1.82) is 0 Å². The second-order valence-electron chi connectivity index (χ2n) is 6.96. The number of carbonyl (C=O) groups is 1. The minimum absolute atomic E-state index is 0.141. The van der Waals surface area contributed by atoms with Gasteiger partial charge in [0.25, 0.3) is 0 Å². The molecule has 0 aliphatic carbocycles. The number of aliphatic hydroxyl groups excluding tert-OH is 1. The fourth-order valence-electron chi connectivity index (χ4n) is 3.74. The molecule has 1 aromatic carbocycles. The molecule has 2 saturated heterocycles. The number of rotatable bonds is 7. The summed E-state index contributed by atoms with van der Waals surface area (Å²) in [5.74, 6) is 0.440. The van der Waals surface area contributed by atoms with E-state index in [0.29, 0.717) is 45.9 Å². The zero-order chi connectivity index (χ0) is 16.8. The summed E-state index contributed by atoms with van der Waals surface area (Å²) >= 11 is 0. The lowest BCUT2D eigenvalue weighted by Gasteiger charge is -2.36. The number of likely N-dealkylation sites (tertiary alicyclic amines) is 1. The van der Waals surface area contributed by atoms with Crippen LogP contribution in [0.3, 0.4) is 0 Å². The smallest absolute Gasteiger partial charge is 0.222 e. The van der Waals surface area contributed by atoms with Gasteiger partial charge in [0.05, 0.1) is 19.8 Å². The van der Waals surface area contributed by atoms with Gasteiger partial charge in [0.2, 0.25) is 5.91 Å². The summed E-state index contributed by atoms with van der Waals surface area (Å²) in [6.45, 7) is 4.05. The summed E-state index contributed by atoms with van der Waals surface area (Å²) in [5.41, 5.74) is 1.01. The Balaban J connectivity index is 1.38. The van der Waals surface area contributed by atoms with Crippen LogP contribution in [0.15, 0.2) is 30.3 Å². The summed E-state index contributed by atoms with van der Waals surface area (Å²) in [6.07, 6.45) is 2.08. The van der Waals surface area contributed by atoms with Crippen LogP contribution in [-0.4, -0.2) is 55.4 Å². The number of nitrogens with zero attached hydrogens (tertiary/aromatic N) is 1. The molecule has 5 heteroatoms. The van der Waals surface area contributed by atoms with Crippen molar-refractivity contribution in [3.05, 3.63) is 35.9 Å². The van der Waals surface area contributed by atoms with Gasteiger partial charge in [-0.3, -0.25) is 4.79 Å². The minimum atomic E-state index is -0.141. The van der Waals surface area contributed by atoms with E-state index in [-0.39, 0.29) is 23.8 Å². The van der Waals surface area contributed by atoms with Gasteiger partial charge in [0.1, 0.15) is 0 Å². The molecule has 0 aromatic heterocycles. The summed E-state index contributed by atoms with van der Waals surface area (Å²) in [6, 6.07) is 10.0. The molecule has 0 unspecified atom stereocenters. The summed E-state index contributed by atoms with van der Waals surface area (Å²) in [7, 11) is 0. The fourth-order valence-corrected chi connectivity index (χ4v) is 3.74. The lowest BCUT2D eigenvalue weighted by atomic mass is 9.75. The molecule has 132 valence electrons. The number of hydrogen-bond acceptors (Lipinski definition) is 4. The number of fused-ring (bicyclic) bond motifs is 1. The molecule has 24 heavy (non-hydrogen) atoms. The number of amides is 1. The first-order chi connectivity index (χ1) is 11.7. The van der Waals surface area contributed by atoms with Crippen LogP contribution in [0.5, 0.6) is 0 Å². The van der Waals surface area contributed by atoms with Crippen LogP contribution in [-0.2, 0) is 20.9 Å². The van der Waals surface area contributed by atoms with Crippen molar-refractivity contribution in [1.82, 2.24) is 4.90 Å². The van der Waals surface area contributed by atoms with Crippen LogP contribution >= 0.6 is 0 Å². The Morgan fingerprint density at radius 1 is 1.38 bits per heavy atom. The molecule has 1 aromatic rings. The summed E-state index contributed by atoms with van der Waals surface area (Å²) in [4.78, 5) is 14.3. The molecule has 2 atom stereocenters. The van der Waals surface area contributed by atoms with E-state index in [1.54, 1.807) is 0 Å². The van der Waals surface area contributed by atoms with Crippen molar-refractivity contribution in [3.8, 4) is 0 Å². The van der Waals surface area contributed by atoms with E-state index in [1.165, 1.54) is 0 Å². The van der Waals surface area contributed by atoms with E-state index in [4.69, 9.17) is 9.47 Å². The molecule has 5 nitrogen and oxygen atoms in total. The average Bonchev–Trinajstić information content (AvgIpc) is 3.02. The molecule has 2 heterocycles. The molecule has 2 aliphatic rings. The van der Waals surface area contributed by atoms with E-state index in [9.17, 15) is 9.90 Å². The van der Waals surface area contributed by atoms with Crippen molar-refractivity contribution in [3.63, 3.8) is 0 Å². The Labute approximate surface area is 143 Å². The Kier molecular flexibility index (Phi) is 5.87. The van der Waals surface area contributed by atoms with E-state index >= 15 is 0 Å². The standard InChI is InChI=1S/C19H27NO4/c21-15-19-8-10-24-13-17(19)11-20(14-19)18(22)7-4-9-23-12-16-5-2-1-3-6-16/h1-3,5-6,17,21H,4,7-15H2/t17-,19-/m1/s1. The number of ether oxygens (including phenoxy) is 2. The van der Waals surface area contributed by atoms with Gasteiger partial charge in [-0.15, -0.1) is 0 Å². The maximum atomic E-state index is 12.4. The predicted molar refractivity (Wildman–Crippen MR) is 90.4 cm³/mol. The van der Waals surface area contributed by atoms with Gasteiger partial charge in [-0.25, -0.2) is 0 Å². The van der Waals surface area contributed by atoms with E-state index < -0.39 is 0 Å². The number of aliphatic hydroxyl groups is 1. The quantitative estimate of drug-likeness (QED) is 0.774. The minimum Gasteiger partial charge on any atom is -0.396 e. The molecular formula is C19H27NO4. The second-order valence-corrected chi connectivity index (χ2v) is 6.96. The number of benzene rings is 1. The monoisotopic (exact) mass is 333 g/mol. The van der Waals surface area contributed by atoms with Gasteiger partial charge in [-0.05, 0) is 18.4 Å². The van der Waals surface area contributed by atoms with Gasteiger partial charge in [0.15, 0.2) is 0 Å². The molecule has 3 rings (SSSR count). The SMILES string of the molecule is O=C(CCCOCc1ccccc1)N1C[C@@H]2COCC[C@]2(CO)C1. The first-order valence-electron chi connectivity index (χ1n) is 8.81. The van der Waals surface area contributed by atoms with Crippen LogP contribution in [0.1, 0.15) is 24.8 Å². The van der Waals surface area contributed by atoms with Gasteiger partial charge in [-0.2, -0.15) is 0 Å². The van der Waals surface area contributed by atoms with Crippen LogP contribution in [0.4, 0.5) is 0 Å². The Hall–Kier alpha value is -1.43. The van der Waals surface area contributed by atoms with Gasteiger partial charge in [0, 0.05) is 44.1 Å². The Bertz CT molecular complexity index is 535. The molecule has 0 spiro atoms. The van der Waals surface area contributed by atoms with Gasteiger partial charge >= 0.3 is 0 Å². The highest BCUT2D eigenvalue weighted by molar-refractivity contribution is 5.76. The third-order valence-corrected chi connectivity index (χ3v) is 5.33. The maximum Gasteiger partial charge on any atom is 0.222 e. The molecular weight excluding hydrogens is 306 g/mol. The topological polar surface area (TPSA) is 59.0 Å². The van der Waals surface area contributed by atoms with Crippen molar-refractivity contribution in [2.24, 2.45) is 11.3 Å². The van der Waals surface area contributed by atoms with Crippen LogP contribution < -0.4 is 0 Å². The zero-order valence-corrected chi connectivity index (χ0v) is 14.2. The van der Waals surface area contributed by atoms with E-state index in [1.807, 2.05) is 35.2 Å². The lowest BCUT2D eigenvalue weighted by molar-refractivity contribution is -0.131. The third kappa shape index (κ3) is 3.97. The largest absolute Gasteiger partial charge is 0.396 e. The van der Waals surface area contributed by atoms with E-state index in [2.05, 4.69) is 0 Å².